The van der Waals surface area contributed by atoms with Crippen LogP contribution in [-0.2, 0) is 0 Å². The van der Waals surface area contributed by atoms with Gasteiger partial charge in [0, 0.05) is 11.4 Å². The van der Waals surface area contributed by atoms with Crippen molar-refractivity contribution in [3.8, 4) is 0 Å². The van der Waals surface area contributed by atoms with Crippen LogP contribution in [0.3, 0.4) is 0 Å². The molecule has 0 aromatic heterocycles. The number of rotatable bonds is 4. The van der Waals surface area contributed by atoms with Crippen molar-refractivity contribution in [3.05, 3.63) is 89.2 Å². The number of hydrogen-bond acceptors (Lipinski definition) is 2. The molecule has 0 atom stereocenters. The third kappa shape index (κ3) is 3.86. The second kappa shape index (κ2) is 7.18. The van der Waals surface area contributed by atoms with E-state index in [-0.39, 0.29) is 11.7 Å². The lowest BCUT2D eigenvalue weighted by Crippen LogP contribution is -2.14. The number of amides is 1. The smallest absolute Gasteiger partial charge is 0.257 e. The molecule has 0 radical (unpaired) electrons. The molecular formula is C21H19FN2O. The molecule has 4 heteroatoms. The number of anilines is 3. The zero-order chi connectivity index (χ0) is 17.8. The summed E-state index contributed by atoms with van der Waals surface area (Å²) in [7, 11) is 0. The Morgan fingerprint density at radius 1 is 0.840 bits per heavy atom. The number of aryl methyl sites for hydroxylation is 1. The largest absolute Gasteiger partial charge is 0.355 e. The van der Waals surface area contributed by atoms with Crippen LogP contribution >= 0.6 is 0 Å². The first kappa shape index (κ1) is 16.7. The highest BCUT2D eigenvalue weighted by atomic mass is 19.1. The van der Waals surface area contributed by atoms with E-state index in [0.29, 0.717) is 16.9 Å². The van der Waals surface area contributed by atoms with Crippen molar-refractivity contribution in [2.24, 2.45) is 0 Å². The molecule has 0 saturated heterocycles. The topological polar surface area (TPSA) is 41.1 Å². The monoisotopic (exact) mass is 334 g/mol. The van der Waals surface area contributed by atoms with Crippen molar-refractivity contribution < 1.29 is 9.18 Å². The molecule has 25 heavy (non-hydrogen) atoms. The molecule has 0 heterocycles. The maximum absolute atomic E-state index is 13.1. The standard InChI is InChI=1S/C21H19FN2O/c1-14-6-5-9-19(15(14)2)24-21(25)18-7-3-4-8-20(18)23-17-12-10-16(22)11-13-17/h3-13,23H,1-2H3,(H,24,25). The Balaban J connectivity index is 1.85. The lowest BCUT2D eigenvalue weighted by Gasteiger charge is -2.14. The summed E-state index contributed by atoms with van der Waals surface area (Å²) in [4.78, 5) is 12.7. The fourth-order valence-corrected chi connectivity index (χ4v) is 2.56. The molecule has 3 nitrogen and oxygen atoms in total. The number of carbonyl (C=O) groups excluding carboxylic acids is 1. The number of benzene rings is 3. The minimum Gasteiger partial charge on any atom is -0.355 e. The molecule has 126 valence electrons. The van der Waals surface area contributed by atoms with Gasteiger partial charge in [-0.15, -0.1) is 0 Å². The van der Waals surface area contributed by atoms with Crippen LogP contribution in [-0.4, -0.2) is 5.91 Å². The highest BCUT2D eigenvalue weighted by Gasteiger charge is 2.13. The summed E-state index contributed by atoms with van der Waals surface area (Å²) >= 11 is 0. The van der Waals surface area contributed by atoms with Crippen LogP contribution in [0.1, 0.15) is 21.5 Å². The van der Waals surface area contributed by atoms with E-state index < -0.39 is 0 Å². The molecular weight excluding hydrogens is 315 g/mol. The van der Waals surface area contributed by atoms with Gasteiger partial charge in [0.05, 0.1) is 11.3 Å². The Morgan fingerprint density at radius 2 is 1.52 bits per heavy atom. The predicted octanol–water partition coefficient (Wildman–Crippen LogP) is 5.44. The number of nitrogens with one attached hydrogen (secondary N) is 2. The van der Waals surface area contributed by atoms with Gasteiger partial charge in [0.1, 0.15) is 5.82 Å². The molecule has 3 aromatic carbocycles. The summed E-state index contributed by atoms with van der Waals surface area (Å²) in [5, 5.41) is 6.13. The third-order valence-corrected chi connectivity index (χ3v) is 4.15. The molecule has 0 saturated carbocycles. The van der Waals surface area contributed by atoms with E-state index in [9.17, 15) is 9.18 Å². The van der Waals surface area contributed by atoms with E-state index in [0.717, 1.165) is 16.8 Å². The molecule has 0 spiro atoms. The Labute approximate surface area is 146 Å². The summed E-state index contributed by atoms with van der Waals surface area (Å²) in [6, 6.07) is 19.1. The predicted molar refractivity (Wildman–Crippen MR) is 100.0 cm³/mol. The number of para-hydroxylation sites is 1. The Kier molecular flexibility index (Phi) is 4.80. The van der Waals surface area contributed by atoms with Crippen molar-refractivity contribution in [2.45, 2.75) is 13.8 Å². The molecule has 1 amide bonds. The molecule has 3 rings (SSSR count). The van der Waals surface area contributed by atoms with Crippen molar-refractivity contribution in [2.75, 3.05) is 10.6 Å². The van der Waals surface area contributed by atoms with Crippen molar-refractivity contribution >= 4 is 23.0 Å². The van der Waals surface area contributed by atoms with Gasteiger partial charge in [-0.3, -0.25) is 4.79 Å². The quantitative estimate of drug-likeness (QED) is 0.667. The van der Waals surface area contributed by atoms with Gasteiger partial charge in [0.15, 0.2) is 0 Å². The first-order valence-corrected chi connectivity index (χ1v) is 8.04. The number of carbonyl (C=O) groups is 1. The minimum atomic E-state index is -0.300. The second-order valence-corrected chi connectivity index (χ2v) is 5.88. The fourth-order valence-electron chi connectivity index (χ4n) is 2.56. The zero-order valence-electron chi connectivity index (χ0n) is 14.1. The van der Waals surface area contributed by atoms with Crippen LogP contribution < -0.4 is 10.6 Å². The van der Waals surface area contributed by atoms with Crippen LogP contribution in [0.25, 0.3) is 0 Å². The Bertz CT molecular complexity index is 904. The molecule has 0 aliphatic heterocycles. The second-order valence-electron chi connectivity index (χ2n) is 5.88. The molecule has 0 fully saturated rings. The van der Waals surface area contributed by atoms with E-state index in [1.165, 1.54) is 12.1 Å². The summed E-state index contributed by atoms with van der Waals surface area (Å²) in [6.07, 6.45) is 0. The van der Waals surface area contributed by atoms with Gasteiger partial charge in [-0.05, 0) is 67.4 Å². The van der Waals surface area contributed by atoms with Gasteiger partial charge in [0.25, 0.3) is 5.91 Å². The summed E-state index contributed by atoms with van der Waals surface area (Å²) in [6.45, 7) is 3.99. The van der Waals surface area contributed by atoms with Gasteiger partial charge >= 0.3 is 0 Å². The van der Waals surface area contributed by atoms with E-state index in [4.69, 9.17) is 0 Å². The maximum Gasteiger partial charge on any atom is 0.257 e. The lowest BCUT2D eigenvalue weighted by molar-refractivity contribution is 0.102. The van der Waals surface area contributed by atoms with Gasteiger partial charge in [-0.25, -0.2) is 4.39 Å². The van der Waals surface area contributed by atoms with Crippen molar-refractivity contribution in [1.82, 2.24) is 0 Å². The summed E-state index contributed by atoms with van der Waals surface area (Å²) in [5.41, 5.74) is 4.86. The SMILES string of the molecule is Cc1cccc(NC(=O)c2ccccc2Nc2ccc(F)cc2)c1C. The minimum absolute atomic E-state index is 0.195. The summed E-state index contributed by atoms with van der Waals surface area (Å²) in [5.74, 6) is -0.495. The summed E-state index contributed by atoms with van der Waals surface area (Å²) < 4.78 is 13.1. The van der Waals surface area contributed by atoms with E-state index in [1.54, 1.807) is 18.2 Å². The van der Waals surface area contributed by atoms with Crippen molar-refractivity contribution in [1.29, 1.82) is 0 Å². The highest BCUT2D eigenvalue weighted by Crippen LogP contribution is 2.24. The third-order valence-electron chi connectivity index (χ3n) is 4.15. The van der Waals surface area contributed by atoms with Crippen LogP contribution in [0, 0.1) is 19.7 Å². The van der Waals surface area contributed by atoms with E-state index in [1.807, 2.05) is 50.2 Å². The molecule has 0 aliphatic carbocycles. The van der Waals surface area contributed by atoms with Gasteiger partial charge in [-0.2, -0.15) is 0 Å². The first-order valence-electron chi connectivity index (χ1n) is 8.04. The number of hydrogen-bond donors (Lipinski definition) is 2. The van der Waals surface area contributed by atoms with Crippen LogP contribution in [0.15, 0.2) is 66.7 Å². The maximum atomic E-state index is 13.1. The van der Waals surface area contributed by atoms with Crippen LogP contribution in [0.4, 0.5) is 21.5 Å². The van der Waals surface area contributed by atoms with Crippen molar-refractivity contribution in [3.63, 3.8) is 0 Å². The van der Waals surface area contributed by atoms with Gasteiger partial charge < -0.3 is 10.6 Å². The van der Waals surface area contributed by atoms with Gasteiger partial charge in [0.2, 0.25) is 0 Å². The van der Waals surface area contributed by atoms with E-state index in [2.05, 4.69) is 10.6 Å². The average Bonchev–Trinajstić information content (AvgIpc) is 2.61. The molecule has 2 N–H and O–H groups in total. The Hall–Kier alpha value is -3.14. The molecule has 0 unspecified atom stereocenters. The molecule has 0 aliphatic rings. The average molecular weight is 334 g/mol. The molecule has 3 aromatic rings. The van der Waals surface area contributed by atoms with Gasteiger partial charge in [-0.1, -0.05) is 24.3 Å². The number of halogens is 1. The fraction of sp³-hybridized carbons (Fsp3) is 0.0952. The van der Waals surface area contributed by atoms with E-state index >= 15 is 0 Å². The van der Waals surface area contributed by atoms with Crippen LogP contribution in [0.5, 0.6) is 0 Å². The first-order chi connectivity index (χ1) is 12.0. The lowest BCUT2D eigenvalue weighted by atomic mass is 10.1. The normalized spacial score (nSPS) is 10.4. The Morgan fingerprint density at radius 3 is 2.28 bits per heavy atom. The van der Waals surface area contributed by atoms with Crippen LogP contribution in [0.2, 0.25) is 0 Å². The highest BCUT2D eigenvalue weighted by molar-refractivity contribution is 6.08. The molecule has 0 bridgehead atoms. The zero-order valence-corrected chi connectivity index (χ0v) is 14.1.